The van der Waals surface area contributed by atoms with Gasteiger partial charge in [0.2, 0.25) is 5.76 Å². The minimum atomic E-state index is -0.0780. The van der Waals surface area contributed by atoms with Gasteiger partial charge in [0, 0.05) is 30.8 Å². The van der Waals surface area contributed by atoms with Gasteiger partial charge in [-0.25, -0.2) is 0 Å². The van der Waals surface area contributed by atoms with Crippen molar-refractivity contribution in [3.8, 4) is 11.3 Å². The molecule has 1 unspecified atom stereocenters. The lowest BCUT2D eigenvalue weighted by Gasteiger charge is -2.31. The first-order chi connectivity index (χ1) is 10.7. The van der Waals surface area contributed by atoms with Crippen LogP contribution in [0.15, 0.2) is 34.9 Å². The minimum Gasteiger partial charge on any atom is -0.350 e. The van der Waals surface area contributed by atoms with Crippen molar-refractivity contribution in [2.75, 3.05) is 20.1 Å². The Labute approximate surface area is 130 Å². The predicted octanol–water partition coefficient (Wildman–Crippen LogP) is 2.47. The molecule has 0 bridgehead atoms. The lowest BCUT2D eigenvalue weighted by atomic mass is 10.1. The molecule has 5 nitrogen and oxygen atoms in total. The topological polar surface area (TPSA) is 58.4 Å². The van der Waals surface area contributed by atoms with Gasteiger partial charge in [-0.15, -0.1) is 0 Å². The number of hydrogen-bond acceptors (Lipinski definition) is 4. The first-order valence-electron chi connectivity index (χ1n) is 7.67. The molecular weight excluding hydrogens is 278 g/mol. The van der Waals surface area contributed by atoms with Gasteiger partial charge in [0.25, 0.3) is 5.91 Å². The Morgan fingerprint density at radius 3 is 2.86 bits per heavy atom. The summed E-state index contributed by atoms with van der Waals surface area (Å²) in [6, 6.07) is 10.1. The number of carbonyl (C=O) groups is 1. The summed E-state index contributed by atoms with van der Waals surface area (Å²) in [6.45, 7) is 3.53. The second-order valence-electron chi connectivity index (χ2n) is 5.82. The van der Waals surface area contributed by atoms with E-state index in [9.17, 15) is 4.79 Å². The van der Waals surface area contributed by atoms with Crippen molar-refractivity contribution in [2.45, 2.75) is 25.8 Å². The van der Waals surface area contributed by atoms with Crippen LogP contribution in [0.1, 0.15) is 29.0 Å². The maximum absolute atomic E-state index is 12.5. The van der Waals surface area contributed by atoms with Crippen molar-refractivity contribution in [3.63, 3.8) is 0 Å². The molecule has 1 aromatic carbocycles. The number of rotatable bonds is 3. The zero-order valence-electron chi connectivity index (χ0n) is 13.0. The Morgan fingerprint density at radius 1 is 1.36 bits per heavy atom. The number of hydrogen-bond donors (Lipinski definition) is 1. The van der Waals surface area contributed by atoms with Crippen LogP contribution < -0.4 is 5.32 Å². The van der Waals surface area contributed by atoms with Crippen molar-refractivity contribution in [3.05, 3.63) is 41.7 Å². The molecule has 1 aliphatic rings. The monoisotopic (exact) mass is 299 g/mol. The average molecular weight is 299 g/mol. The summed E-state index contributed by atoms with van der Waals surface area (Å²) in [7, 11) is 1.93. The smallest absolute Gasteiger partial charge is 0.292 e. The van der Waals surface area contributed by atoms with Crippen LogP contribution in [-0.2, 0) is 0 Å². The van der Waals surface area contributed by atoms with Crippen LogP contribution >= 0.6 is 0 Å². The molecule has 0 spiro atoms. The normalized spacial score (nSPS) is 18.5. The van der Waals surface area contributed by atoms with E-state index in [1.54, 1.807) is 6.07 Å². The van der Waals surface area contributed by atoms with Crippen LogP contribution in [0, 0.1) is 6.92 Å². The number of likely N-dealkylation sites (tertiary alicyclic amines) is 1. The van der Waals surface area contributed by atoms with E-state index in [0.29, 0.717) is 17.5 Å². The molecule has 2 heterocycles. The van der Waals surface area contributed by atoms with E-state index in [1.165, 1.54) is 5.56 Å². The van der Waals surface area contributed by atoms with Crippen molar-refractivity contribution < 1.29 is 9.32 Å². The van der Waals surface area contributed by atoms with Gasteiger partial charge in [0.1, 0.15) is 5.69 Å². The summed E-state index contributed by atoms with van der Waals surface area (Å²) in [5, 5.41) is 7.27. The maximum Gasteiger partial charge on any atom is 0.292 e. The third kappa shape index (κ3) is 3.04. The van der Waals surface area contributed by atoms with E-state index >= 15 is 0 Å². The van der Waals surface area contributed by atoms with Crippen molar-refractivity contribution in [1.29, 1.82) is 0 Å². The van der Waals surface area contributed by atoms with E-state index in [2.05, 4.69) is 10.5 Å². The Bertz CT molecular complexity index is 648. The number of nitrogens with one attached hydrogen (secondary N) is 1. The predicted molar refractivity (Wildman–Crippen MR) is 84.7 cm³/mol. The fourth-order valence-electron chi connectivity index (χ4n) is 2.79. The van der Waals surface area contributed by atoms with E-state index in [-0.39, 0.29) is 5.91 Å². The van der Waals surface area contributed by atoms with Crippen LogP contribution in [0.4, 0.5) is 0 Å². The highest BCUT2D eigenvalue weighted by Crippen LogP contribution is 2.21. The van der Waals surface area contributed by atoms with Gasteiger partial charge in [-0.3, -0.25) is 4.79 Å². The van der Waals surface area contributed by atoms with Gasteiger partial charge in [-0.05, 0) is 26.8 Å². The first kappa shape index (κ1) is 14.8. The fourth-order valence-corrected chi connectivity index (χ4v) is 2.79. The molecule has 1 N–H and O–H groups in total. The number of benzene rings is 1. The molecule has 0 aliphatic carbocycles. The summed E-state index contributed by atoms with van der Waals surface area (Å²) in [5.41, 5.74) is 2.85. The molecule has 3 rings (SSSR count). The van der Waals surface area contributed by atoms with Gasteiger partial charge in [0.05, 0.1) is 0 Å². The fraction of sp³-hybridized carbons (Fsp3) is 0.412. The van der Waals surface area contributed by atoms with Gasteiger partial charge in [-0.1, -0.05) is 35.0 Å². The number of aryl methyl sites for hydroxylation is 1. The van der Waals surface area contributed by atoms with Gasteiger partial charge >= 0.3 is 0 Å². The highest BCUT2D eigenvalue weighted by atomic mass is 16.5. The Hall–Kier alpha value is -2.14. The van der Waals surface area contributed by atoms with Gasteiger partial charge in [-0.2, -0.15) is 0 Å². The van der Waals surface area contributed by atoms with Gasteiger partial charge in [0.15, 0.2) is 0 Å². The van der Waals surface area contributed by atoms with Crippen LogP contribution in [0.5, 0.6) is 0 Å². The number of amides is 1. The minimum absolute atomic E-state index is 0.0780. The Morgan fingerprint density at radius 2 is 2.14 bits per heavy atom. The molecule has 1 amide bonds. The third-order valence-corrected chi connectivity index (χ3v) is 4.19. The zero-order valence-corrected chi connectivity index (χ0v) is 13.0. The van der Waals surface area contributed by atoms with Crippen molar-refractivity contribution in [2.24, 2.45) is 0 Å². The van der Waals surface area contributed by atoms with Crippen LogP contribution in [0.2, 0.25) is 0 Å². The van der Waals surface area contributed by atoms with Crippen LogP contribution in [-0.4, -0.2) is 42.1 Å². The van der Waals surface area contributed by atoms with Gasteiger partial charge < -0.3 is 14.7 Å². The number of likely N-dealkylation sites (N-methyl/N-ethyl adjacent to an activating group) is 1. The van der Waals surface area contributed by atoms with Crippen LogP contribution in [0.3, 0.4) is 0 Å². The summed E-state index contributed by atoms with van der Waals surface area (Å²) in [6.07, 6.45) is 2.11. The van der Waals surface area contributed by atoms with Crippen molar-refractivity contribution >= 4 is 5.91 Å². The standard InChI is InChI=1S/C17H21N3O2/c1-12-5-7-13(8-6-12)15-10-16(22-19-15)17(21)20-9-3-4-14(11-20)18-2/h5-8,10,14,18H,3-4,9,11H2,1-2H3. The quantitative estimate of drug-likeness (QED) is 0.946. The summed E-state index contributed by atoms with van der Waals surface area (Å²) >= 11 is 0. The van der Waals surface area contributed by atoms with E-state index in [1.807, 2.05) is 43.1 Å². The molecule has 2 aromatic rings. The zero-order chi connectivity index (χ0) is 15.5. The number of carbonyl (C=O) groups excluding carboxylic acids is 1. The molecule has 1 fully saturated rings. The number of piperidine rings is 1. The molecule has 5 heteroatoms. The molecule has 22 heavy (non-hydrogen) atoms. The lowest BCUT2D eigenvalue weighted by Crippen LogP contribution is -2.46. The molecule has 1 saturated heterocycles. The average Bonchev–Trinajstić information content (AvgIpc) is 3.05. The molecular formula is C17H21N3O2. The second kappa shape index (κ2) is 6.32. The van der Waals surface area contributed by atoms with Crippen molar-refractivity contribution in [1.82, 2.24) is 15.4 Å². The Kier molecular flexibility index (Phi) is 4.24. The molecule has 1 aromatic heterocycles. The van der Waals surface area contributed by atoms with E-state index in [0.717, 1.165) is 31.5 Å². The molecule has 116 valence electrons. The van der Waals surface area contributed by atoms with E-state index in [4.69, 9.17) is 4.52 Å². The second-order valence-corrected chi connectivity index (χ2v) is 5.82. The number of aromatic nitrogens is 1. The molecule has 1 atom stereocenters. The lowest BCUT2D eigenvalue weighted by molar-refractivity contribution is 0.0656. The summed E-state index contributed by atoms with van der Waals surface area (Å²) in [4.78, 5) is 14.4. The SMILES string of the molecule is CNC1CCCN(C(=O)c2cc(-c3ccc(C)cc3)no2)C1. The Balaban J connectivity index is 1.75. The number of nitrogens with zero attached hydrogens (tertiary/aromatic N) is 2. The molecule has 0 radical (unpaired) electrons. The van der Waals surface area contributed by atoms with Crippen LogP contribution in [0.25, 0.3) is 11.3 Å². The molecule has 1 aliphatic heterocycles. The summed E-state index contributed by atoms with van der Waals surface area (Å²) < 4.78 is 5.27. The first-order valence-corrected chi connectivity index (χ1v) is 7.67. The maximum atomic E-state index is 12.5. The third-order valence-electron chi connectivity index (χ3n) is 4.19. The van der Waals surface area contributed by atoms with E-state index < -0.39 is 0 Å². The summed E-state index contributed by atoms with van der Waals surface area (Å²) in [5.74, 6) is 0.234. The highest BCUT2D eigenvalue weighted by Gasteiger charge is 2.26. The molecule has 0 saturated carbocycles. The highest BCUT2D eigenvalue weighted by molar-refractivity contribution is 5.92. The largest absolute Gasteiger partial charge is 0.350 e.